The van der Waals surface area contributed by atoms with Crippen LogP contribution in [0.25, 0.3) is 0 Å². The number of hydrogen-bond acceptors (Lipinski definition) is 1. The van der Waals surface area contributed by atoms with Crippen LogP contribution < -0.4 is 5.73 Å². The van der Waals surface area contributed by atoms with Crippen LogP contribution >= 0.6 is 0 Å². The molecule has 0 bridgehead atoms. The normalized spacial score (nSPS) is 15.6. The summed E-state index contributed by atoms with van der Waals surface area (Å²) in [6.45, 7) is 6.69. The Morgan fingerprint density at radius 1 is 0.950 bits per heavy atom. The van der Waals surface area contributed by atoms with Gasteiger partial charge in [-0.15, -0.1) is 0 Å². The lowest BCUT2D eigenvalue weighted by Crippen LogP contribution is -2.25. The van der Waals surface area contributed by atoms with Crippen molar-refractivity contribution in [3.05, 3.63) is 71.3 Å². The Morgan fingerprint density at radius 3 is 2.15 bits per heavy atom. The highest BCUT2D eigenvalue weighted by Crippen LogP contribution is 2.37. The Labute approximate surface area is 122 Å². The molecule has 0 fully saturated rings. The molecule has 2 aromatic rings. The van der Waals surface area contributed by atoms with Crippen LogP contribution in [0.15, 0.2) is 54.6 Å². The van der Waals surface area contributed by atoms with E-state index in [9.17, 15) is 0 Å². The first-order chi connectivity index (χ1) is 9.65. The molecule has 106 valence electrons. The van der Waals surface area contributed by atoms with Crippen molar-refractivity contribution in [1.82, 2.24) is 0 Å². The smallest absolute Gasteiger partial charge is 0.0369 e. The molecule has 1 nitrogen and oxygen atoms in total. The van der Waals surface area contributed by atoms with E-state index in [0.717, 1.165) is 6.42 Å². The Bertz CT molecular complexity index is 532. The minimum atomic E-state index is 0.0496. The maximum Gasteiger partial charge on any atom is 0.0369 e. The van der Waals surface area contributed by atoms with Gasteiger partial charge in [0.15, 0.2) is 0 Å². The monoisotopic (exact) mass is 267 g/mol. The predicted octanol–water partition coefficient (Wildman–Crippen LogP) is 4.82. The second-order valence-electron chi connectivity index (χ2n) is 5.70. The summed E-state index contributed by atoms with van der Waals surface area (Å²) < 4.78 is 0. The van der Waals surface area contributed by atoms with Crippen molar-refractivity contribution in [3.63, 3.8) is 0 Å². The fraction of sp³-hybridized carbons (Fsp3) is 0.368. The van der Waals surface area contributed by atoms with Crippen LogP contribution in [0, 0.1) is 12.8 Å². The molecule has 0 aliphatic carbocycles. The largest absolute Gasteiger partial charge is 0.323 e. The molecule has 0 aliphatic rings. The topological polar surface area (TPSA) is 26.0 Å². The van der Waals surface area contributed by atoms with Crippen molar-refractivity contribution in [2.45, 2.75) is 39.2 Å². The van der Waals surface area contributed by atoms with E-state index in [1.165, 1.54) is 16.7 Å². The highest BCUT2D eigenvalue weighted by molar-refractivity contribution is 5.33. The lowest BCUT2D eigenvalue weighted by molar-refractivity contribution is 0.387. The van der Waals surface area contributed by atoms with Crippen LogP contribution in [0.5, 0.6) is 0 Å². The molecule has 2 rings (SSSR count). The first-order valence-electron chi connectivity index (χ1n) is 7.51. The summed E-state index contributed by atoms with van der Waals surface area (Å²) >= 11 is 0. The molecule has 0 heterocycles. The first-order valence-corrected chi connectivity index (χ1v) is 7.51. The molecule has 3 atom stereocenters. The van der Waals surface area contributed by atoms with Gasteiger partial charge in [-0.3, -0.25) is 0 Å². The third-order valence-corrected chi connectivity index (χ3v) is 4.38. The van der Waals surface area contributed by atoms with Gasteiger partial charge in [0.05, 0.1) is 0 Å². The Balaban J connectivity index is 2.40. The van der Waals surface area contributed by atoms with Gasteiger partial charge in [0.1, 0.15) is 0 Å². The van der Waals surface area contributed by atoms with E-state index < -0.39 is 0 Å². The number of rotatable bonds is 5. The highest BCUT2D eigenvalue weighted by Gasteiger charge is 2.26. The molecule has 20 heavy (non-hydrogen) atoms. The second-order valence-corrected chi connectivity index (χ2v) is 5.70. The quantitative estimate of drug-likeness (QED) is 0.825. The van der Waals surface area contributed by atoms with Gasteiger partial charge in [-0.05, 0) is 29.5 Å². The van der Waals surface area contributed by atoms with Gasteiger partial charge < -0.3 is 5.73 Å². The Kier molecular flexibility index (Phi) is 4.97. The molecule has 0 spiro atoms. The first kappa shape index (κ1) is 14.8. The van der Waals surface area contributed by atoms with E-state index in [1.807, 2.05) is 0 Å². The third kappa shape index (κ3) is 3.10. The minimum Gasteiger partial charge on any atom is -0.323 e. The standard InChI is InChI=1S/C19H25N/c1-4-14(2)18(16-11-6-5-7-12-16)19(20)17-13-9-8-10-15(17)3/h5-14,18-19H,4,20H2,1-3H3. The molecule has 0 saturated carbocycles. The van der Waals surface area contributed by atoms with Gasteiger partial charge in [-0.2, -0.15) is 0 Å². The summed E-state index contributed by atoms with van der Waals surface area (Å²) in [6, 6.07) is 19.2. The van der Waals surface area contributed by atoms with Gasteiger partial charge in [0.2, 0.25) is 0 Å². The summed E-state index contributed by atoms with van der Waals surface area (Å²) in [4.78, 5) is 0. The average molecular weight is 267 g/mol. The summed E-state index contributed by atoms with van der Waals surface area (Å²) in [5.41, 5.74) is 10.5. The summed E-state index contributed by atoms with van der Waals surface area (Å²) in [5.74, 6) is 0.925. The van der Waals surface area contributed by atoms with E-state index >= 15 is 0 Å². The van der Waals surface area contributed by atoms with Crippen LogP contribution in [0.1, 0.15) is 48.9 Å². The summed E-state index contributed by atoms with van der Waals surface area (Å²) in [7, 11) is 0. The van der Waals surface area contributed by atoms with E-state index in [1.54, 1.807) is 0 Å². The second kappa shape index (κ2) is 6.71. The zero-order valence-corrected chi connectivity index (χ0v) is 12.7. The molecule has 3 unspecified atom stereocenters. The molecular weight excluding hydrogens is 242 g/mol. The lowest BCUT2D eigenvalue weighted by atomic mass is 9.77. The van der Waals surface area contributed by atoms with Gasteiger partial charge in [-0.1, -0.05) is 74.9 Å². The third-order valence-electron chi connectivity index (χ3n) is 4.38. The Hall–Kier alpha value is -1.60. The van der Waals surface area contributed by atoms with Crippen molar-refractivity contribution < 1.29 is 0 Å². The maximum absolute atomic E-state index is 6.65. The van der Waals surface area contributed by atoms with Crippen LogP contribution in [-0.2, 0) is 0 Å². The summed E-state index contributed by atoms with van der Waals surface area (Å²) in [6.07, 6.45) is 1.14. The van der Waals surface area contributed by atoms with Gasteiger partial charge in [-0.25, -0.2) is 0 Å². The van der Waals surface area contributed by atoms with Crippen molar-refractivity contribution in [2.24, 2.45) is 11.7 Å². The van der Waals surface area contributed by atoms with Gasteiger partial charge in [0, 0.05) is 12.0 Å². The fourth-order valence-electron chi connectivity index (χ4n) is 2.97. The highest BCUT2D eigenvalue weighted by atomic mass is 14.7. The van der Waals surface area contributed by atoms with Crippen LogP contribution in [0.3, 0.4) is 0 Å². The lowest BCUT2D eigenvalue weighted by Gasteiger charge is -2.30. The van der Waals surface area contributed by atoms with Crippen molar-refractivity contribution in [2.75, 3.05) is 0 Å². The molecule has 2 aromatic carbocycles. The van der Waals surface area contributed by atoms with Crippen LogP contribution in [0.4, 0.5) is 0 Å². The van der Waals surface area contributed by atoms with Gasteiger partial charge in [0.25, 0.3) is 0 Å². The summed E-state index contributed by atoms with van der Waals surface area (Å²) in [5, 5.41) is 0. The van der Waals surface area contributed by atoms with E-state index in [4.69, 9.17) is 5.73 Å². The molecular formula is C19H25N. The van der Waals surface area contributed by atoms with Gasteiger partial charge >= 0.3 is 0 Å². The number of hydrogen-bond donors (Lipinski definition) is 1. The minimum absolute atomic E-state index is 0.0496. The molecule has 0 aromatic heterocycles. The SMILES string of the molecule is CCC(C)C(c1ccccc1)C(N)c1ccccc1C. The maximum atomic E-state index is 6.65. The van der Waals surface area contributed by atoms with Crippen LogP contribution in [0.2, 0.25) is 0 Å². The van der Waals surface area contributed by atoms with Crippen LogP contribution in [-0.4, -0.2) is 0 Å². The molecule has 0 amide bonds. The average Bonchev–Trinajstić information content (AvgIpc) is 2.48. The number of benzene rings is 2. The zero-order valence-electron chi connectivity index (χ0n) is 12.7. The number of aryl methyl sites for hydroxylation is 1. The van der Waals surface area contributed by atoms with Crippen molar-refractivity contribution in [3.8, 4) is 0 Å². The van der Waals surface area contributed by atoms with E-state index in [0.29, 0.717) is 11.8 Å². The molecule has 2 N–H and O–H groups in total. The molecule has 0 saturated heterocycles. The van der Waals surface area contributed by atoms with E-state index in [2.05, 4.69) is 75.4 Å². The van der Waals surface area contributed by atoms with E-state index in [-0.39, 0.29) is 6.04 Å². The fourth-order valence-corrected chi connectivity index (χ4v) is 2.97. The number of nitrogens with two attached hydrogens (primary N) is 1. The zero-order chi connectivity index (χ0) is 14.5. The molecule has 1 heteroatoms. The van der Waals surface area contributed by atoms with Crippen molar-refractivity contribution >= 4 is 0 Å². The molecule has 0 aliphatic heterocycles. The predicted molar refractivity (Wildman–Crippen MR) is 86.7 cm³/mol. The van der Waals surface area contributed by atoms with Crippen molar-refractivity contribution in [1.29, 1.82) is 0 Å². The Morgan fingerprint density at radius 2 is 1.55 bits per heavy atom. The molecule has 0 radical (unpaired) electrons.